The molecule has 192 valence electrons. The molecular weight excluding hydrogens is 516 g/mol. The minimum Gasteiger partial charge on any atom is -0.545 e. The quantitative estimate of drug-likeness (QED) is 0.344. The fraction of sp³-hybridized carbons (Fsp3) is 0.233. The van der Waals surface area contributed by atoms with Crippen molar-refractivity contribution < 1.29 is 24.4 Å². The molecule has 0 aliphatic carbocycles. The van der Waals surface area contributed by atoms with Crippen LogP contribution in [0.4, 0.5) is 5.69 Å². The number of thioether (sulfide) groups is 1. The topological polar surface area (TPSA) is 84.5 Å². The zero-order valence-corrected chi connectivity index (χ0v) is 22.5. The van der Waals surface area contributed by atoms with Gasteiger partial charge in [-0.3, -0.25) is 0 Å². The largest absolute Gasteiger partial charge is 0.545 e. The SMILES string of the molecule is CC(/C=C/C=C1\Sc2cc(C(=O)O)cc3c2N1CCC3)=C\C=C\c1sc2cc(C(=O)[O-])cc3c2[n+]1CCC3. The third-order valence-electron chi connectivity index (χ3n) is 7.14. The summed E-state index contributed by atoms with van der Waals surface area (Å²) in [7, 11) is 0. The molecular formula is C30H26N2O4S2. The normalized spacial score (nSPS) is 17.8. The third kappa shape index (κ3) is 4.48. The van der Waals surface area contributed by atoms with Gasteiger partial charge in [-0.2, -0.15) is 4.57 Å². The van der Waals surface area contributed by atoms with Gasteiger partial charge in [0.25, 0.3) is 5.01 Å². The van der Waals surface area contributed by atoms with Gasteiger partial charge in [-0.25, -0.2) is 4.79 Å². The average molecular weight is 543 g/mol. The van der Waals surface area contributed by atoms with Gasteiger partial charge in [0.2, 0.25) is 5.52 Å². The molecule has 2 aromatic carbocycles. The van der Waals surface area contributed by atoms with Crippen molar-refractivity contribution in [2.75, 3.05) is 11.4 Å². The van der Waals surface area contributed by atoms with Gasteiger partial charge in [-0.1, -0.05) is 53.0 Å². The van der Waals surface area contributed by atoms with E-state index in [1.54, 1.807) is 41.3 Å². The number of aromatic nitrogens is 1. The first kappa shape index (κ1) is 24.7. The third-order valence-corrected chi connectivity index (χ3v) is 9.34. The zero-order chi connectivity index (χ0) is 26.4. The van der Waals surface area contributed by atoms with Crippen molar-refractivity contribution in [3.8, 4) is 0 Å². The van der Waals surface area contributed by atoms with Crippen LogP contribution in [-0.4, -0.2) is 23.6 Å². The van der Waals surface area contributed by atoms with Gasteiger partial charge >= 0.3 is 5.97 Å². The van der Waals surface area contributed by atoms with Crippen LogP contribution in [0.1, 0.15) is 56.6 Å². The number of aromatic carboxylic acids is 2. The molecule has 3 aromatic rings. The van der Waals surface area contributed by atoms with Crippen LogP contribution in [0.2, 0.25) is 0 Å². The van der Waals surface area contributed by atoms with Crippen molar-refractivity contribution in [1.82, 2.24) is 0 Å². The summed E-state index contributed by atoms with van der Waals surface area (Å²) in [5.74, 6) is -2.01. The monoisotopic (exact) mass is 542 g/mol. The van der Waals surface area contributed by atoms with Crippen LogP contribution < -0.4 is 14.6 Å². The Morgan fingerprint density at radius 3 is 2.71 bits per heavy atom. The van der Waals surface area contributed by atoms with E-state index in [9.17, 15) is 19.8 Å². The van der Waals surface area contributed by atoms with E-state index in [2.05, 4.69) is 40.7 Å². The highest BCUT2D eigenvalue weighted by molar-refractivity contribution is 8.03. The zero-order valence-electron chi connectivity index (χ0n) is 20.9. The van der Waals surface area contributed by atoms with E-state index >= 15 is 0 Å². The summed E-state index contributed by atoms with van der Waals surface area (Å²) in [4.78, 5) is 26.3. The molecule has 38 heavy (non-hydrogen) atoms. The van der Waals surface area contributed by atoms with Gasteiger partial charge in [0, 0.05) is 29.5 Å². The molecule has 6 nitrogen and oxygen atoms in total. The lowest BCUT2D eigenvalue weighted by Gasteiger charge is -2.27. The Labute approximate surface area is 228 Å². The Bertz CT molecular complexity index is 1630. The van der Waals surface area contributed by atoms with Gasteiger partial charge in [-0.05, 0) is 67.7 Å². The summed E-state index contributed by atoms with van der Waals surface area (Å²) in [6.07, 6.45) is 16.2. The molecule has 6 rings (SSSR count). The fourth-order valence-electron chi connectivity index (χ4n) is 5.45. The first-order valence-corrected chi connectivity index (χ1v) is 14.3. The van der Waals surface area contributed by atoms with E-state index in [0.717, 1.165) is 80.6 Å². The number of benzene rings is 2. The van der Waals surface area contributed by atoms with Crippen LogP contribution in [0.25, 0.3) is 16.3 Å². The molecule has 8 heteroatoms. The number of thiazole rings is 1. The number of carboxylic acid groups (broad SMARTS) is 2. The number of hydrogen-bond donors (Lipinski definition) is 1. The highest BCUT2D eigenvalue weighted by atomic mass is 32.2. The number of carbonyl (C=O) groups excluding carboxylic acids is 1. The van der Waals surface area contributed by atoms with Crippen LogP contribution in [0, 0.1) is 0 Å². The Balaban J connectivity index is 1.20. The number of carbonyl (C=O) groups is 2. The summed E-state index contributed by atoms with van der Waals surface area (Å²) in [5.41, 5.74) is 6.22. The van der Waals surface area contributed by atoms with E-state index < -0.39 is 11.9 Å². The fourth-order valence-corrected chi connectivity index (χ4v) is 7.82. The molecule has 0 amide bonds. The minimum absolute atomic E-state index is 0.250. The van der Waals surface area contributed by atoms with Crippen molar-refractivity contribution >= 4 is 57.0 Å². The number of hydrogen-bond acceptors (Lipinski definition) is 6. The van der Waals surface area contributed by atoms with E-state index in [1.807, 2.05) is 18.2 Å². The Morgan fingerprint density at radius 1 is 1.08 bits per heavy atom. The van der Waals surface area contributed by atoms with Crippen LogP contribution >= 0.6 is 23.1 Å². The van der Waals surface area contributed by atoms with Gasteiger partial charge < -0.3 is 19.9 Å². The molecule has 0 unspecified atom stereocenters. The van der Waals surface area contributed by atoms with Gasteiger partial charge in [0.15, 0.2) is 6.54 Å². The molecule has 1 aromatic heterocycles. The maximum absolute atomic E-state index is 11.5. The molecule has 0 bridgehead atoms. The predicted octanol–water partition coefficient (Wildman–Crippen LogP) is 5.11. The molecule has 0 fully saturated rings. The second-order valence-corrected chi connectivity index (χ2v) is 11.9. The highest BCUT2D eigenvalue weighted by Gasteiger charge is 2.31. The van der Waals surface area contributed by atoms with E-state index in [0.29, 0.717) is 5.56 Å². The molecule has 4 heterocycles. The number of allylic oxidation sites excluding steroid dienone is 6. The Morgan fingerprint density at radius 2 is 1.89 bits per heavy atom. The van der Waals surface area contributed by atoms with Crippen LogP contribution in [0.5, 0.6) is 0 Å². The number of anilines is 1. The summed E-state index contributed by atoms with van der Waals surface area (Å²) >= 11 is 3.24. The number of rotatable bonds is 6. The molecule has 0 saturated carbocycles. The van der Waals surface area contributed by atoms with Gasteiger partial charge in [0.05, 0.1) is 22.2 Å². The maximum Gasteiger partial charge on any atom is 0.335 e. The summed E-state index contributed by atoms with van der Waals surface area (Å²) in [6, 6.07) is 7.08. The van der Waals surface area contributed by atoms with E-state index in [1.165, 1.54) is 5.69 Å². The molecule has 0 radical (unpaired) electrons. The number of nitrogens with zero attached hydrogens (tertiary/aromatic N) is 2. The summed E-state index contributed by atoms with van der Waals surface area (Å²) < 4.78 is 3.27. The number of aryl methyl sites for hydroxylation is 3. The molecule has 0 spiro atoms. The second-order valence-electron chi connectivity index (χ2n) is 9.74. The first-order chi connectivity index (χ1) is 18.4. The highest BCUT2D eigenvalue weighted by Crippen LogP contribution is 2.50. The van der Waals surface area contributed by atoms with Gasteiger partial charge in [0.1, 0.15) is 4.70 Å². The summed E-state index contributed by atoms with van der Waals surface area (Å²) in [5, 5.41) is 23.1. The van der Waals surface area contributed by atoms with Crippen molar-refractivity contribution in [2.45, 2.75) is 44.0 Å². The molecule has 3 aliphatic heterocycles. The standard InChI is InChI=1S/C30H26N2O4S2/c1-18(6-2-10-25-31-12-4-8-19-14-21(29(33)34)16-23(37-25)27(19)31)7-3-11-26-32-13-5-9-20-15-22(30(35)36)17-24(38-26)28(20)32/h2-3,6-7,10-11,14-17H,4-5,8-9,12-13H2,1H3,(H-,33,34,35,36). The van der Waals surface area contributed by atoms with Crippen molar-refractivity contribution in [1.29, 1.82) is 0 Å². The first-order valence-electron chi connectivity index (χ1n) is 12.7. The summed E-state index contributed by atoms with van der Waals surface area (Å²) in [6.45, 7) is 3.93. The lowest BCUT2D eigenvalue weighted by molar-refractivity contribution is -0.671. The van der Waals surface area contributed by atoms with E-state index in [-0.39, 0.29) is 5.56 Å². The van der Waals surface area contributed by atoms with Crippen LogP contribution in [0.15, 0.2) is 70.1 Å². The predicted molar refractivity (Wildman–Crippen MR) is 150 cm³/mol. The molecule has 0 atom stereocenters. The van der Waals surface area contributed by atoms with E-state index in [4.69, 9.17) is 0 Å². The van der Waals surface area contributed by atoms with Gasteiger partial charge in [-0.15, -0.1) is 0 Å². The lowest BCUT2D eigenvalue weighted by atomic mass is 9.99. The Hall–Kier alpha value is -3.62. The van der Waals surface area contributed by atoms with Crippen molar-refractivity contribution in [2.24, 2.45) is 0 Å². The Kier molecular flexibility index (Phi) is 6.45. The van der Waals surface area contributed by atoms with Crippen LogP contribution in [-0.2, 0) is 19.4 Å². The smallest absolute Gasteiger partial charge is 0.335 e. The minimum atomic E-state index is -1.13. The lowest BCUT2D eigenvalue weighted by Crippen LogP contribution is -2.38. The molecule has 1 N–H and O–H groups in total. The molecule has 0 saturated heterocycles. The van der Waals surface area contributed by atoms with Crippen molar-refractivity contribution in [3.05, 3.63) is 92.5 Å². The second kappa shape index (κ2) is 9.93. The molecule has 3 aliphatic rings. The maximum atomic E-state index is 11.5. The van der Waals surface area contributed by atoms with Crippen molar-refractivity contribution in [3.63, 3.8) is 0 Å². The average Bonchev–Trinajstić information content (AvgIpc) is 3.44. The number of carboxylic acids is 2. The van der Waals surface area contributed by atoms with Crippen LogP contribution in [0.3, 0.4) is 0 Å².